The number of Topliss-reactive ketones (excluding diaryl/α,β-unsaturated/α-hetero) is 1. The van der Waals surface area contributed by atoms with Gasteiger partial charge in [-0.25, -0.2) is 0 Å². The molecule has 1 unspecified atom stereocenters. The summed E-state index contributed by atoms with van der Waals surface area (Å²) >= 11 is 3.40. The Morgan fingerprint density at radius 1 is 1.35 bits per heavy atom. The maximum atomic E-state index is 12.3. The van der Waals surface area contributed by atoms with Crippen LogP contribution in [0, 0.1) is 0 Å². The number of hydrogen-bond acceptors (Lipinski definition) is 2. The highest BCUT2D eigenvalue weighted by Crippen LogP contribution is 2.22. The molecule has 1 aromatic rings. The first-order valence-corrected chi connectivity index (χ1v) is 6.92. The van der Waals surface area contributed by atoms with Gasteiger partial charge in [0.05, 0.1) is 5.54 Å². The molecule has 0 aliphatic carbocycles. The molecule has 1 aliphatic heterocycles. The Kier molecular flexibility index (Phi) is 4.00. The van der Waals surface area contributed by atoms with E-state index in [1.807, 2.05) is 31.2 Å². The van der Waals surface area contributed by atoms with Gasteiger partial charge in [-0.05, 0) is 50.4 Å². The fraction of sp³-hybridized carbons (Fsp3) is 0.500. The third-order valence-electron chi connectivity index (χ3n) is 3.51. The van der Waals surface area contributed by atoms with Gasteiger partial charge in [0.1, 0.15) is 0 Å². The highest BCUT2D eigenvalue weighted by Gasteiger charge is 2.33. The zero-order chi connectivity index (χ0) is 12.3. The zero-order valence-electron chi connectivity index (χ0n) is 10.1. The van der Waals surface area contributed by atoms with Gasteiger partial charge in [-0.3, -0.25) is 4.79 Å². The predicted octanol–water partition coefficient (Wildman–Crippen LogP) is 3.09. The first kappa shape index (κ1) is 12.8. The molecule has 1 saturated heterocycles. The molecular formula is C14H18BrNO. The van der Waals surface area contributed by atoms with E-state index in [0.29, 0.717) is 12.2 Å². The van der Waals surface area contributed by atoms with E-state index in [1.54, 1.807) is 0 Å². The van der Waals surface area contributed by atoms with E-state index in [0.717, 1.165) is 29.4 Å². The van der Waals surface area contributed by atoms with E-state index in [9.17, 15) is 4.79 Å². The van der Waals surface area contributed by atoms with E-state index in [2.05, 4.69) is 21.2 Å². The summed E-state index contributed by atoms with van der Waals surface area (Å²) in [7, 11) is 0. The van der Waals surface area contributed by atoms with Crippen LogP contribution in [0.4, 0.5) is 0 Å². The smallest absolute Gasteiger partial charge is 0.156 e. The predicted molar refractivity (Wildman–Crippen MR) is 73.1 cm³/mol. The van der Waals surface area contributed by atoms with Gasteiger partial charge >= 0.3 is 0 Å². The molecule has 1 heterocycles. The lowest BCUT2D eigenvalue weighted by Gasteiger charge is -2.33. The van der Waals surface area contributed by atoms with Crippen LogP contribution in [0.1, 0.15) is 31.7 Å². The average Bonchev–Trinajstić information content (AvgIpc) is 2.33. The Bertz CT molecular complexity index is 393. The number of ketones is 1. The molecule has 0 aromatic heterocycles. The van der Waals surface area contributed by atoms with Gasteiger partial charge in [0.25, 0.3) is 0 Å². The molecule has 0 spiro atoms. The molecular weight excluding hydrogens is 278 g/mol. The number of nitrogens with one attached hydrogen (secondary N) is 1. The lowest BCUT2D eigenvalue weighted by Crippen LogP contribution is -2.52. The van der Waals surface area contributed by atoms with Gasteiger partial charge in [-0.2, -0.15) is 0 Å². The number of rotatable bonds is 3. The molecule has 2 rings (SSSR count). The molecule has 17 heavy (non-hydrogen) atoms. The molecule has 1 atom stereocenters. The number of carbonyl (C=O) groups excluding carboxylic acids is 1. The van der Waals surface area contributed by atoms with Crippen molar-refractivity contribution in [1.29, 1.82) is 0 Å². The van der Waals surface area contributed by atoms with E-state index in [-0.39, 0.29) is 5.54 Å². The summed E-state index contributed by atoms with van der Waals surface area (Å²) in [5.41, 5.74) is 0.775. The Balaban J connectivity index is 2.03. The van der Waals surface area contributed by atoms with Gasteiger partial charge in [-0.15, -0.1) is 0 Å². The van der Waals surface area contributed by atoms with Gasteiger partial charge in [0, 0.05) is 10.9 Å². The van der Waals surface area contributed by atoms with E-state index < -0.39 is 0 Å². The summed E-state index contributed by atoms with van der Waals surface area (Å²) in [6.45, 7) is 3.00. The third kappa shape index (κ3) is 3.17. The van der Waals surface area contributed by atoms with Crippen molar-refractivity contribution in [3.63, 3.8) is 0 Å². The molecule has 1 aromatic carbocycles. The second-order valence-electron chi connectivity index (χ2n) is 4.94. The van der Waals surface area contributed by atoms with E-state index in [4.69, 9.17) is 0 Å². The largest absolute Gasteiger partial charge is 0.305 e. The average molecular weight is 296 g/mol. The minimum Gasteiger partial charge on any atom is -0.305 e. The van der Waals surface area contributed by atoms with Crippen LogP contribution < -0.4 is 5.32 Å². The van der Waals surface area contributed by atoms with Crippen LogP contribution in [-0.2, 0) is 11.2 Å². The molecule has 2 nitrogen and oxygen atoms in total. The summed E-state index contributed by atoms with van der Waals surface area (Å²) in [5, 5.41) is 3.37. The first-order valence-electron chi connectivity index (χ1n) is 6.13. The van der Waals surface area contributed by atoms with Gasteiger partial charge in [-0.1, -0.05) is 28.1 Å². The summed E-state index contributed by atoms with van der Waals surface area (Å²) in [6, 6.07) is 7.99. The normalized spacial score (nSPS) is 24.6. The zero-order valence-corrected chi connectivity index (χ0v) is 11.7. The maximum Gasteiger partial charge on any atom is 0.156 e. The highest BCUT2D eigenvalue weighted by atomic mass is 79.9. The maximum absolute atomic E-state index is 12.3. The van der Waals surface area contributed by atoms with Crippen molar-refractivity contribution in [1.82, 2.24) is 5.32 Å². The van der Waals surface area contributed by atoms with Crippen LogP contribution in [0.25, 0.3) is 0 Å². The Morgan fingerprint density at radius 2 is 2.06 bits per heavy atom. The Labute approximate surface area is 111 Å². The van der Waals surface area contributed by atoms with Crippen LogP contribution in [0.2, 0.25) is 0 Å². The molecule has 3 heteroatoms. The van der Waals surface area contributed by atoms with Crippen molar-refractivity contribution in [3.05, 3.63) is 34.3 Å². The monoisotopic (exact) mass is 295 g/mol. The third-order valence-corrected chi connectivity index (χ3v) is 4.04. The number of benzene rings is 1. The van der Waals surface area contributed by atoms with Gasteiger partial charge in [0.2, 0.25) is 0 Å². The topological polar surface area (TPSA) is 29.1 Å². The quantitative estimate of drug-likeness (QED) is 0.928. The number of carbonyl (C=O) groups is 1. The molecule has 0 bridgehead atoms. The van der Waals surface area contributed by atoms with Crippen molar-refractivity contribution >= 4 is 21.7 Å². The standard InChI is InChI=1S/C14H18BrNO/c1-14(8-2-3-9-16-14)13(17)10-11-4-6-12(15)7-5-11/h4-7,16H,2-3,8-10H2,1H3. The first-order chi connectivity index (χ1) is 8.10. The fourth-order valence-corrected chi connectivity index (χ4v) is 2.54. The molecule has 1 N–H and O–H groups in total. The van der Waals surface area contributed by atoms with E-state index in [1.165, 1.54) is 6.42 Å². The van der Waals surface area contributed by atoms with Crippen LogP contribution in [-0.4, -0.2) is 17.9 Å². The Morgan fingerprint density at radius 3 is 2.65 bits per heavy atom. The SMILES string of the molecule is CC1(C(=O)Cc2ccc(Br)cc2)CCCCN1. The molecule has 92 valence electrons. The molecule has 1 fully saturated rings. The summed E-state index contributed by atoms with van der Waals surface area (Å²) < 4.78 is 1.05. The van der Waals surface area contributed by atoms with Crippen molar-refractivity contribution in [2.75, 3.05) is 6.54 Å². The second-order valence-corrected chi connectivity index (χ2v) is 5.86. The van der Waals surface area contributed by atoms with Crippen LogP contribution in [0.3, 0.4) is 0 Å². The fourth-order valence-electron chi connectivity index (χ4n) is 2.28. The van der Waals surface area contributed by atoms with Crippen LogP contribution in [0.5, 0.6) is 0 Å². The van der Waals surface area contributed by atoms with E-state index >= 15 is 0 Å². The summed E-state index contributed by atoms with van der Waals surface area (Å²) in [6.07, 6.45) is 3.82. The molecule has 1 aliphatic rings. The number of halogens is 1. The summed E-state index contributed by atoms with van der Waals surface area (Å²) in [5.74, 6) is 0.305. The van der Waals surface area contributed by atoms with Crippen LogP contribution >= 0.6 is 15.9 Å². The van der Waals surface area contributed by atoms with Gasteiger partial charge in [0.15, 0.2) is 5.78 Å². The van der Waals surface area contributed by atoms with Crippen molar-refractivity contribution in [2.45, 2.75) is 38.1 Å². The van der Waals surface area contributed by atoms with Gasteiger partial charge < -0.3 is 5.32 Å². The van der Waals surface area contributed by atoms with Crippen molar-refractivity contribution in [3.8, 4) is 0 Å². The molecule has 0 amide bonds. The minimum atomic E-state index is -0.314. The second kappa shape index (κ2) is 5.32. The Hall–Kier alpha value is -0.670. The highest BCUT2D eigenvalue weighted by molar-refractivity contribution is 9.10. The number of hydrogen-bond donors (Lipinski definition) is 1. The molecule has 0 radical (unpaired) electrons. The minimum absolute atomic E-state index is 0.305. The lowest BCUT2D eigenvalue weighted by molar-refractivity contribution is -0.125. The van der Waals surface area contributed by atoms with Crippen molar-refractivity contribution < 1.29 is 4.79 Å². The summed E-state index contributed by atoms with van der Waals surface area (Å²) in [4.78, 5) is 12.3. The molecule has 0 saturated carbocycles. The van der Waals surface area contributed by atoms with Crippen LogP contribution in [0.15, 0.2) is 28.7 Å². The number of piperidine rings is 1. The lowest BCUT2D eigenvalue weighted by atomic mass is 9.84. The van der Waals surface area contributed by atoms with Crippen molar-refractivity contribution in [2.24, 2.45) is 0 Å².